The van der Waals surface area contributed by atoms with Crippen molar-refractivity contribution in [1.29, 1.82) is 0 Å². The van der Waals surface area contributed by atoms with Crippen LogP contribution in [0.3, 0.4) is 0 Å². The molecule has 0 radical (unpaired) electrons. The van der Waals surface area contributed by atoms with Crippen molar-refractivity contribution in [3.8, 4) is 0 Å². The van der Waals surface area contributed by atoms with Gasteiger partial charge in [-0.15, -0.1) is 11.3 Å². The van der Waals surface area contributed by atoms with E-state index in [0.29, 0.717) is 0 Å². The van der Waals surface area contributed by atoms with Crippen LogP contribution in [0, 0.1) is 0 Å². The van der Waals surface area contributed by atoms with Crippen LogP contribution in [0.25, 0.3) is 0 Å². The van der Waals surface area contributed by atoms with Crippen molar-refractivity contribution < 1.29 is 0 Å². The van der Waals surface area contributed by atoms with E-state index in [-0.39, 0.29) is 11.5 Å². The maximum atomic E-state index is 5.57. The summed E-state index contributed by atoms with van der Waals surface area (Å²) in [5.74, 6) is 6.41. The molecule has 0 aromatic carbocycles. The number of nitrogens with two attached hydrogens (primary N) is 1. The topological polar surface area (TPSA) is 79.6 Å². The molecule has 2 aromatic rings. The van der Waals surface area contributed by atoms with Gasteiger partial charge >= 0.3 is 0 Å². The average molecular weight is 265 g/mol. The molecule has 0 spiro atoms. The minimum absolute atomic E-state index is 0.0287. The number of rotatable bonds is 4. The van der Waals surface area contributed by atoms with E-state index in [1.165, 1.54) is 0 Å². The summed E-state index contributed by atoms with van der Waals surface area (Å²) in [6.45, 7) is 6.49. The van der Waals surface area contributed by atoms with Crippen LogP contribution in [0.5, 0.6) is 0 Å². The quantitative estimate of drug-likeness (QED) is 0.583. The summed E-state index contributed by atoms with van der Waals surface area (Å²) in [5.41, 5.74) is 3.99. The first kappa shape index (κ1) is 13.2. The van der Waals surface area contributed by atoms with Crippen LogP contribution in [0.2, 0.25) is 0 Å². The molecule has 98 valence electrons. The number of aromatic amines is 1. The third-order valence-electron chi connectivity index (χ3n) is 2.75. The molecule has 0 bridgehead atoms. The van der Waals surface area contributed by atoms with E-state index in [9.17, 15) is 0 Å². The SMILES string of the molecule is CC(C)(C)c1csc(CC(NN)c2ncc[nH]2)n1. The van der Waals surface area contributed by atoms with Gasteiger partial charge in [-0.25, -0.2) is 15.4 Å². The highest BCUT2D eigenvalue weighted by Gasteiger charge is 2.20. The number of hydrogen-bond donors (Lipinski definition) is 3. The number of nitrogens with zero attached hydrogens (tertiary/aromatic N) is 2. The van der Waals surface area contributed by atoms with Crippen molar-refractivity contribution in [2.24, 2.45) is 5.84 Å². The molecule has 0 aliphatic rings. The van der Waals surface area contributed by atoms with Gasteiger partial charge in [0.15, 0.2) is 0 Å². The molecule has 4 N–H and O–H groups in total. The molecule has 6 heteroatoms. The van der Waals surface area contributed by atoms with Gasteiger partial charge < -0.3 is 4.98 Å². The molecule has 2 aromatic heterocycles. The number of H-pyrrole nitrogens is 1. The van der Waals surface area contributed by atoms with Gasteiger partial charge in [0, 0.05) is 29.6 Å². The second-order valence-electron chi connectivity index (χ2n) is 5.27. The summed E-state index contributed by atoms with van der Waals surface area (Å²) >= 11 is 1.67. The molecule has 18 heavy (non-hydrogen) atoms. The Labute approximate surface area is 111 Å². The zero-order chi connectivity index (χ0) is 13.2. The number of imidazole rings is 1. The smallest absolute Gasteiger partial charge is 0.125 e. The Morgan fingerprint density at radius 1 is 1.50 bits per heavy atom. The zero-order valence-corrected chi connectivity index (χ0v) is 11.7. The van der Waals surface area contributed by atoms with E-state index >= 15 is 0 Å². The van der Waals surface area contributed by atoms with Crippen molar-refractivity contribution in [1.82, 2.24) is 20.4 Å². The largest absolute Gasteiger partial charge is 0.347 e. The molecule has 2 heterocycles. The van der Waals surface area contributed by atoms with Crippen LogP contribution < -0.4 is 11.3 Å². The van der Waals surface area contributed by atoms with Crippen LogP contribution in [0.4, 0.5) is 0 Å². The van der Waals surface area contributed by atoms with Gasteiger partial charge in [0.05, 0.1) is 16.7 Å². The fourth-order valence-corrected chi connectivity index (χ4v) is 2.69. The molecule has 0 saturated carbocycles. The van der Waals surface area contributed by atoms with E-state index in [4.69, 9.17) is 5.84 Å². The number of hydrazine groups is 1. The first-order valence-electron chi connectivity index (χ1n) is 5.91. The Bertz CT molecular complexity index is 483. The summed E-state index contributed by atoms with van der Waals surface area (Å²) in [6, 6.07) is -0.0287. The minimum atomic E-state index is -0.0287. The van der Waals surface area contributed by atoms with Crippen molar-refractivity contribution in [2.45, 2.75) is 38.6 Å². The molecular formula is C12H19N5S. The molecule has 2 rings (SSSR count). The third-order valence-corrected chi connectivity index (χ3v) is 3.62. The van der Waals surface area contributed by atoms with E-state index in [1.807, 2.05) is 0 Å². The standard InChI is InChI=1S/C12H19N5S/c1-12(2,3)9-7-18-10(16-9)6-8(17-13)11-14-4-5-15-11/h4-5,7-8,17H,6,13H2,1-3H3,(H,14,15). The molecule has 1 atom stereocenters. The third kappa shape index (κ3) is 2.95. The molecule has 5 nitrogen and oxygen atoms in total. The first-order valence-corrected chi connectivity index (χ1v) is 6.79. The lowest BCUT2D eigenvalue weighted by Gasteiger charge is -2.15. The number of nitrogens with one attached hydrogen (secondary N) is 2. The van der Waals surface area contributed by atoms with Gasteiger partial charge in [0.25, 0.3) is 0 Å². The summed E-state index contributed by atoms with van der Waals surface area (Å²) in [4.78, 5) is 11.9. The van der Waals surface area contributed by atoms with E-state index in [0.717, 1.165) is 22.9 Å². The van der Waals surface area contributed by atoms with Gasteiger partial charge in [-0.05, 0) is 0 Å². The normalized spacial score (nSPS) is 13.8. The Kier molecular flexibility index (Phi) is 3.79. The van der Waals surface area contributed by atoms with E-state index in [2.05, 4.69) is 46.5 Å². The van der Waals surface area contributed by atoms with Crippen LogP contribution in [0.15, 0.2) is 17.8 Å². The predicted octanol–water partition coefficient (Wildman–Crippen LogP) is 1.91. The Morgan fingerprint density at radius 3 is 2.78 bits per heavy atom. The second kappa shape index (κ2) is 5.17. The Hall–Kier alpha value is -1.24. The molecular weight excluding hydrogens is 246 g/mol. The average Bonchev–Trinajstić information content (AvgIpc) is 2.95. The van der Waals surface area contributed by atoms with Gasteiger partial charge in [-0.2, -0.15) is 0 Å². The van der Waals surface area contributed by atoms with Crippen LogP contribution >= 0.6 is 11.3 Å². The molecule has 0 saturated heterocycles. The van der Waals surface area contributed by atoms with Gasteiger partial charge in [0.2, 0.25) is 0 Å². The molecule has 0 aliphatic carbocycles. The van der Waals surface area contributed by atoms with E-state index in [1.54, 1.807) is 23.7 Å². The van der Waals surface area contributed by atoms with Crippen molar-refractivity contribution in [3.63, 3.8) is 0 Å². The Balaban J connectivity index is 2.11. The number of thiazole rings is 1. The maximum absolute atomic E-state index is 5.57. The highest BCUT2D eigenvalue weighted by molar-refractivity contribution is 7.09. The van der Waals surface area contributed by atoms with Crippen LogP contribution in [-0.2, 0) is 11.8 Å². The summed E-state index contributed by atoms with van der Waals surface area (Å²) in [5, 5.41) is 3.18. The lowest BCUT2D eigenvalue weighted by atomic mass is 9.93. The fraction of sp³-hybridized carbons (Fsp3) is 0.500. The zero-order valence-electron chi connectivity index (χ0n) is 10.9. The fourth-order valence-electron chi connectivity index (χ4n) is 1.63. The van der Waals surface area contributed by atoms with E-state index < -0.39 is 0 Å². The number of aromatic nitrogens is 3. The highest BCUT2D eigenvalue weighted by atomic mass is 32.1. The molecule has 0 fully saturated rings. The number of hydrogen-bond acceptors (Lipinski definition) is 5. The van der Waals surface area contributed by atoms with Gasteiger partial charge in [0.1, 0.15) is 5.82 Å². The van der Waals surface area contributed by atoms with Crippen molar-refractivity contribution in [3.05, 3.63) is 34.3 Å². The summed E-state index contributed by atoms with van der Waals surface area (Å²) in [6.07, 6.45) is 4.26. The Morgan fingerprint density at radius 2 is 2.28 bits per heavy atom. The van der Waals surface area contributed by atoms with Crippen LogP contribution in [0.1, 0.15) is 43.3 Å². The lowest BCUT2D eigenvalue weighted by molar-refractivity contribution is 0.521. The second-order valence-corrected chi connectivity index (χ2v) is 6.22. The van der Waals surface area contributed by atoms with Crippen molar-refractivity contribution in [2.75, 3.05) is 0 Å². The van der Waals surface area contributed by atoms with Crippen molar-refractivity contribution >= 4 is 11.3 Å². The monoisotopic (exact) mass is 265 g/mol. The molecule has 0 amide bonds. The maximum Gasteiger partial charge on any atom is 0.125 e. The summed E-state index contributed by atoms with van der Waals surface area (Å²) in [7, 11) is 0. The first-order chi connectivity index (χ1) is 8.50. The molecule has 1 unspecified atom stereocenters. The summed E-state index contributed by atoms with van der Waals surface area (Å²) < 4.78 is 0. The van der Waals surface area contributed by atoms with Gasteiger partial charge in [-0.3, -0.25) is 5.84 Å². The van der Waals surface area contributed by atoms with Crippen LogP contribution in [-0.4, -0.2) is 15.0 Å². The predicted molar refractivity (Wildman–Crippen MR) is 73.2 cm³/mol. The highest BCUT2D eigenvalue weighted by Crippen LogP contribution is 2.25. The van der Waals surface area contributed by atoms with Gasteiger partial charge in [-0.1, -0.05) is 20.8 Å². The minimum Gasteiger partial charge on any atom is -0.347 e. The molecule has 0 aliphatic heterocycles. The lowest BCUT2D eigenvalue weighted by Crippen LogP contribution is -2.30.